The molecule has 1 saturated heterocycles. The molecule has 1 aliphatic heterocycles. The lowest BCUT2D eigenvalue weighted by Gasteiger charge is -2.34. The summed E-state index contributed by atoms with van der Waals surface area (Å²) in [6, 6.07) is 8.08. The quantitative estimate of drug-likeness (QED) is 0.792. The van der Waals surface area contributed by atoms with Gasteiger partial charge in [-0.1, -0.05) is 12.1 Å². The molecule has 18 heavy (non-hydrogen) atoms. The first-order valence-corrected chi connectivity index (χ1v) is 8.24. The van der Waals surface area contributed by atoms with Crippen molar-refractivity contribution < 1.29 is 8.42 Å². The Morgan fingerprint density at radius 1 is 1.11 bits per heavy atom. The van der Waals surface area contributed by atoms with Crippen LogP contribution in [0, 0.1) is 0 Å². The fourth-order valence-electron chi connectivity index (χ4n) is 2.07. The van der Waals surface area contributed by atoms with E-state index in [-0.39, 0.29) is 0 Å². The average Bonchev–Trinajstić information content (AvgIpc) is 2.38. The van der Waals surface area contributed by atoms with Crippen molar-refractivity contribution in [2.24, 2.45) is 0 Å². The van der Waals surface area contributed by atoms with Crippen molar-refractivity contribution in [2.75, 3.05) is 37.3 Å². The molecule has 1 aliphatic rings. The number of anilines is 1. The monoisotopic (exact) mass is 288 g/mol. The second-order valence-electron chi connectivity index (χ2n) is 4.45. The van der Waals surface area contributed by atoms with E-state index in [0.717, 1.165) is 24.3 Å². The normalized spacial score (nSPS) is 18.0. The van der Waals surface area contributed by atoms with Gasteiger partial charge in [0, 0.05) is 37.7 Å². The molecule has 0 radical (unpaired) electrons. The van der Waals surface area contributed by atoms with Crippen LogP contribution >= 0.6 is 11.6 Å². The van der Waals surface area contributed by atoms with Crippen LogP contribution in [0.1, 0.15) is 5.56 Å². The first-order valence-electron chi connectivity index (χ1n) is 5.85. The highest BCUT2D eigenvalue weighted by Crippen LogP contribution is 2.18. The molecule has 1 aromatic carbocycles. The van der Waals surface area contributed by atoms with Gasteiger partial charge in [0.2, 0.25) is 10.0 Å². The highest BCUT2D eigenvalue weighted by Gasteiger charge is 2.23. The molecular formula is C12H17ClN2O2S. The van der Waals surface area contributed by atoms with Crippen LogP contribution in [0.25, 0.3) is 0 Å². The standard InChI is InChI=1S/C12H17ClN2O2S/c1-18(16,17)15-8-6-14(7-9-15)12-4-2-11(10-13)3-5-12/h2-5H,6-10H2,1H3. The topological polar surface area (TPSA) is 40.6 Å². The number of rotatable bonds is 3. The molecule has 1 fully saturated rings. The van der Waals surface area contributed by atoms with Gasteiger partial charge >= 0.3 is 0 Å². The zero-order valence-electron chi connectivity index (χ0n) is 10.3. The minimum absolute atomic E-state index is 0.516. The minimum Gasteiger partial charge on any atom is -0.369 e. The third kappa shape index (κ3) is 3.16. The fourth-order valence-corrected chi connectivity index (χ4v) is 3.08. The molecule has 0 amide bonds. The van der Waals surface area contributed by atoms with Crippen LogP contribution < -0.4 is 4.90 Å². The summed E-state index contributed by atoms with van der Waals surface area (Å²) in [6.07, 6.45) is 1.26. The zero-order valence-corrected chi connectivity index (χ0v) is 11.9. The van der Waals surface area contributed by atoms with Crippen molar-refractivity contribution in [1.29, 1.82) is 0 Å². The Balaban J connectivity index is 2.01. The van der Waals surface area contributed by atoms with Gasteiger partial charge in [-0.15, -0.1) is 11.6 Å². The molecule has 0 aliphatic carbocycles. The first kappa shape index (κ1) is 13.6. The number of piperazine rings is 1. The number of hydrogen-bond donors (Lipinski definition) is 0. The maximum absolute atomic E-state index is 11.4. The van der Waals surface area contributed by atoms with E-state index in [1.807, 2.05) is 24.3 Å². The number of alkyl halides is 1. The second kappa shape index (κ2) is 5.47. The highest BCUT2D eigenvalue weighted by atomic mass is 35.5. The SMILES string of the molecule is CS(=O)(=O)N1CCN(c2ccc(CCl)cc2)CC1. The molecule has 100 valence electrons. The van der Waals surface area contributed by atoms with Crippen molar-refractivity contribution in [3.05, 3.63) is 29.8 Å². The van der Waals surface area contributed by atoms with Crippen LogP contribution in [-0.4, -0.2) is 45.2 Å². The summed E-state index contributed by atoms with van der Waals surface area (Å²) in [5.41, 5.74) is 2.22. The molecule has 1 heterocycles. The van der Waals surface area contributed by atoms with E-state index < -0.39 is 10.0 Å². The highest BCUT2D eigenvalue weighted by molar-refractivity contribution is 7.88. The Morgan fingerprint density at radius 3 is 2.11 bits per heavy atom. The Morgan fingerprint density at radius 2 is 1.67 bits per heavy atom. The van der Waals surface area contributed by atoms with E-state index in [9.17, 15) is 8.42 Å². The summed E-state index contributed by atoms with van der Waals surface area (Å²) in [4.78, 5) is 2.19. The molecule has 4 nitrogen and oxygen atoms in total. The van der Waals surface area contributed by atoms with Crippen LogP contribution in [0.2, 0.25) is 0 Å². The van der Waals surface area contributed by atoms with Gasteiger partial charge in [-0.05, 0) is 17.7 Å². The third-order valence-corrected chi connectivity index (χ3v) is 4.78. The van der Waals surface area contributed by atoms with E-state index in [2.05, 4.69) is 4.90 Å². The van der Waals surface area contributed by atoms with Crippen molar-refractivity contribution in [1.82, 2.24) is 4.31 Å². The molecule has 0 bridgehead atoms. The molecule has 2 rings (SSSR count). The van der Waals surface area contributed by atoms with Crippen LogP contribution in [0.4, 0.5) is 5.69 Å². The number of nitrogens with zero attached hydrogens (tertiary/aromatic N) is 2. The van der Waals surface area contributed by atoms with Crippen molar-refractivity contribution in [2.45, 2.75) is 5.88 Å². The Hall–Kier alpha value is -0.780. The molecule has 6 heteroatoms. The molecular weight excluding hydrogens is 272 g/mol. The van der Waals surface area contributed by atoms with E-state index >= 15 is 0 Å². The van der Waals surface area contributed by atoms with Crippen LogP contribution in [0.15, 0.2) is 24.3 Å². The third-order valence-electron chi connectivity index (χ3n) is 3.16. The predicted molar refractivity (Wildman–Crippen MR) is 74.6 cm³/mol. The van der Waals surface area contributed by atoms with Crippen molar-refractivity contribution in [3.63, 3.8) is 0 Å². The van der Waals surface area contributed by atoms with Gasteiger partial charge in [0.05, 0.1) is 6.26 Å². The van der Waals surface area contributed by atoms with Gasteiger partial charge in [0.25, 0.3) is 0 Å². The van der Waals surface area contributed by atoms with Gasteiger partial charge in [-0.2, -0.15) is 4.31 Å². The van der Waals surface area contributed by atoms with E-state index in [1.54, 1.807) is 0 Å². The average molecular weight is 289 g/mol. The molecule has 0 N–H and O–H groups in total. The first-order chi connectivity index (χ1) is 8.50. The lowest BCUT2D eigenvalue weighted by Crippen LogP contribution is -2.48. The minimum atomic E-state index is -3.05. The Labute approximate surface area is 113 Å². The molecule has 0 saturated carbocycles. The number of benzene rings is 1. The van der Waals surface area contributed by atoms with Gasteiger partial charge in [-0.3, -0.25) is 0 Å². The lowest BCUT2D eigenvalue weighted by atomic mass is 10.2. The molecule has 0 unspecified atom stereocenters. The molecule has 0 atom stereocenters. The smallest absolute Gasteiger partial charge is 0.211 e. The number of sulfonamides is 1. The lowest BCUT2D eigenvalue weighted by molar-refractivity contribution is 0.388. The zero-order chi connectivity index (χ0) is 13.2. The number of hydrogen-bond acceptors (Lipinski definition) is 3. The van der Waals surface area contributed by atoms with Gasteiger partial charge < -0.3 is 4.90 Å². The van der Waals surface area contributed by atoms with Crippen molar-refractivity contribution >= 4 is 27.3 Å². The van der Waals surface area contributed by atoms with E-state index in [0.29, 0.717) is 19.0 Å². The van der Waals surface area contributed by atoms with Crippen LogP contribution in [0.3, 0.4) is 0 Å². The maximum atomic E-state index is 11.4. The summed E-state index contributed by atoms with van der Waals surface area (Å²) in [5.74, 6) is 0.516. The summed E-state index contributed by atoms with van der Waals surface area (Å²) < 4.78 is 24.3. The summed E-state index contributed by atoms with van der Waals surface area (Å²) in [5, 5.41) is 0. The molecule has 0 spiro atoms. The molecule has 1 aromatic rings. The van der Waals surface area contributed by atoms with E-state index in [4.69, 9.17) is 11.6 Å². The summed E-state index contributed by atoms with van der Waals surface area (Å²) >= 11 is 5.75. The number of halogens is 1. The van der Waals surface area contributed by atoms with Gasteiger partial charge in [0.1, 0.15) is 0 Å². The maximum Gasteiger partial charge on any atom is 0.211 e. The largest absolute Gasteiger partial charge is 0.369 e. The summed E-state index contributed by atoms with van der Waals surface area (Å²) in [6.45, 7) is 2.56. The van der Waals surface area contributed by atoms with Gasteiger partial charge in [0.15, 0.2) is 0 Å². The summed E-state index contributed by atoms with van der Waals surface area (Å²) in [7, 11) is -3.05. The fraction of sp³-hybridized carbons (Fsp3) is 0.500. The Bertz CT molecular complexity index is 493. The van der Waals surface area contributed by atoms with E-state index in [1.165, 1.54) is 10.6 Å². The van der Waals surface area contributed by atoms with Crippen molar-refractivity contribution in [3.8, 4) is 0 Å². The predicted octanol–water partition coefficient (Wildman–Crippen LogP) is 1.51. The van der Waals surface area contributed by atoms with Gasteiger partial charge in [-0.25, -0.2) is 8.42 Å². The second-order valence-corrected chi connectivity index (χ2v) is 6.70. The molecule has 0 aromatic heterocycles. The van der Waals surface area contributed by atoms with Crippen LogP contribution in [-0.2, 0) is 15.9 Å². The van der Waals surface area contributed by atoms with Crippen LogP contribution in [0.5, 0.6) is 0 Å². The Kier molecular flexibility index (Phi) is 4.14.